The molecule has 1 nitrogen and oxygen atoms in total. The topological polar surface area (TPSA) is 12.5 Å². The number of epoxide rings is 1. The van der Waals surface area contributed by atoms with Crippen LogP contribution in [0.15, 0.2) is 18.2 Å². The van der Waals surface area contributed by atoms with Gasteiger partial charge in [0.25, 0.3) is 0 Å². The smallest absolute Gasteiger partial charge is 0.128 e. The lowest BCUT2D eigenvalue weighted by Gasteiger charge is -2.26. The van der Waals surface area contributed by atoms with Gasteiger partial charge in [-0.2, -0.15) is 0 Å². The minimum Gasteiger partial charge on any atom is -0.370 e. The highest BCUT2D eigenvalue weighted by Crippen LogP contribution is 2.47. The quantitative estimate of drug-likeness (QED) is 0.678. The van der Waals surface area contributed by atoms with Crippen LogP contribution in [0.25, 0.3) is 0 Å². The van der Waals surface area contributed by atoms with Crippen molar-refractivity contribution >= 4 is 11.6 Å². The third-order valence-corrected chi connectivity index (χ3v) is 4.09. The van der Waals surface area contributed by atoms with Crippen molar-refractivity contribution in [2.45, 2.75) is 37.2 Å². The Bertz CT molecular complexity index is 404. The predicted molar refractivity (Wildman–Crippen MR) is 61.3 cm³/mol. The van der Waals surface area contributed by atoms with E-state index < -0.39 is 0 Å². The van der Waals surface area contributed by atoms with Gasteiger partial charge in [-0.05, 0) is 49.3 Å². The van der Waals surface area contributed by atoms with Crippen molar-refractivity contribution in [3.05, 3.63) is 34.6 Å². The molecule has 1 spiro atoms. The van der Waals surface area contributed by atoms with Gasteiger partial charge in [0.15, 0.2) is 0 Å². The maximum Gasteiger partial charge on any atom is 0.128 e. The molecule has 86 valence electrons. The van der Waals surface area contributed by atoms with Crippen LogP contribution in [0.3, 0.4) is 0 Å². The first-order chi connectivity index (χ1) is 7.69. The van der Waals surface area contributed by atoms with E-state index in [2.05, 4.69) is 0 Å². The van der Waals surface area contributed by atoms with Crippen molar-refractivity contribution in [2.24, 2.45) is 0 Å². The van der Waals surface area contributed by atoms with Gasteiger partial charge in [0.1, 0.15) is 5.82 Å². The molecule has 3 rings (SSSR count). The zero-order chi connectivity index (χ0) is 11.2. The second-order valence-corrected chi connectivity index (χ2v) is 5.35. The Morgan fingerprint density at radius 3 is 2.56 bits per heavy atom. The predicted octanol–water partition coefficient (Wildman–Crippen LogP) is 3.91. The Morgan fingerprint density at radius 2 is 2.00 bits per heavy atom. The van der Waals surface area contributed by atoms with E-state index in [1.807, 2.05) is 6.07 Å². The van der Waals surface area contributed by atoms with Crippen molar-refractivity contribution in [3.63, 3.8) is 0 Å². The summed E-state index contributed by atoms with van der Waals surface area (Å²) < 4.78 is 19.2. The summed E-state index contributed by atoms with van der Waals surface area (Å²) in [4.78, 5) is 0. The van der Waals surface area contributed by atoms with E-state index in [4.69, 9.17) is 16.3 Å². The van der Waals surface area contributed by atoms with Gasteiger partial charge in [-0.3, -0.25) is 0 Å². The SMILES string of the molecule is Fc1cc(Cl)ccc1[C@H]1CC[C@]2(CC1)CO2. The molecule has 16 heavy (non-hydrogen) atoms. The highest BCUT2D eigenvalue weighted by atomic mass is 35.5. The fourth-order valence-electron chi connectivity index (χ4n) is 2.68. The molecule has 1 aliphatic carbocycles. The highest BCUT2D eigenvalue weighted by Gasteiger charge is 2.47. The van der Waals surface area contributed by atoms with Crippen LogP contribution in [0.2, 0.25) is 5.02 Å². The Kier molecular flexibility index (Phi) is 2.45. The molecule has 1 aliphatic heterocycles. The molecule has 1 saturated heterocycles. The molecule has 1 aromatic rings. The van der Waals surface area contributed by atoms with Gasteiger partial charge in [0.2, 0.25) is 0 Å². The number of halogens is 2. The molecule has 1 heterocycles. The van der Waals surface area contributed by atoms with Crippen LogP contribution in [-0.4, -0.2) is 12.2 Å². The van der Waals surface area contributed by atoms with Crippen molar-refractivity contribution in [1.82, 2.24) is 0 Å². The maximum absolute atomic E-state index is 13.7. The van der Waals surface area contributed by atoms with Crippen LogP contribution in [0.5, 0.6) is 0 Å². The number of rotatable bonds is 1. The van der Waals surface area contributed by atoms with Crippen molar-refractivity contribution in [3.8, 4) is 0 Å². The van der Waals surface area contributed by atoms with Gasteiger partial charge < -0.3 is 4.74 Å². The fourth-order valence-corrected chi connectivity index (χ4v) is 2.84. The minimum absolute atomic E-state index is 0.162. The normalized spacial score (nSPS) is 33.0. The third kappa shape index (κ3) is 1.85. The zero-order valence-corrected chi connectivity index (χ0v) is 9.77. The van der Waals surface area contributed by atoms with Gasteiger partial charge in [0, 0.05) is 5.02 Å². The van der Waals surface area contributed by atoms with E-state index in [0.717, 1.165) is 37.9 Å². The molecular formula is C13H14ClFO. The standard InChI is InChI=1S/C13H14ClFO/c14-10-1-2-11(12(15)7-10)9-3-5-13(6-4-9)8-16-13/h1-2,7,9H,3-6,8H2/t9-,13-. The number of hydrogen-bond donors (Lipinski definition) is 0. The number of hydrogen-bond acceptors (Lipinski definition) is 1. The second-order valence-electron chi connectivity index (χ2n) is 4.91. The summed E-state index contributed by atoms with van der Waals surface area (Å²) in [6.45, 7) is 0.906. The summed E-state index contributed by atoms with van der Waals surface area (Å²) in [5, 5.41) is 0.471. The fraction of sp³-hybridized carbons (Fsp3) is 0.538. The van der Waals surface area contributed by atoms with Crippen LogP contribution >= 0.6 is 11.6 Å². The van der Waals surface area contributed by atoms with Gasteiger partial charge in [-0.15, -0.1) is 0 Å². The van der Waals surface area contributed by atoms with Crippen LogP contribution in [-0.2, 0) is 4.74 Å². The van der Waals surface area contributed by atoms with Crippen molar-refractivity contribution in [1.29, 1.82) is 0 Å². The molecule has 0 amide bonds. The Balaban J connectivity index is 1.77. The molecule has 2 fully saturated rings. The molecule has 1 saturated carbocycles. The molecule has 0 unspecified atom stereocenters. The molecule has 2 aliphatic rings. The van der Waals surface area contributed by atoms with E-state index >= 15 is 0 Å². The lowest BCUT2D eigenvalue weighted by atomic mass is 9.78. The van der Waals surface area contributed by atoms with Crippen LogP contribution < -0.4 is 0 Å². The Hall–Kier alpha value is -0.600. The minimum atomic E-state index is -0.162. The van der Waals surface area contributed by atoms with E-state index in [9.17, 15) is 4.39 Å². The number of benzene rings is 1. The van der Waals surface area contributed by atoms with Crippen molar-refractivity contribution in [2.75, 3.05) is 6.61 Å². The Labute approximate surface area is 99.6 Å². The van der Waals surface area contributed by atoms with Gasteiger partial charge in [-0.1, -0.05) is 17.7 Å². The lowest BCUT2D eigenvalue weighted by molar-refractivity contribution is 0.222. The zero-order valence-electron chi connectivity index (χ0n) is 9.01. The molecule has 0 radical (unpaired) electrons. The van der Waals surface area contributed by atoms with Gasteiger partial charge in [0.05, 0.1) is 12.2 Å². The lowest BCUT2D eigenvalue weighted by Crippen LogP contribution is -2.20. The van der Waals surface area contributed by atoms with Crippen molar-refractivity contribution < 1.29 is 9.13 Å². The van der Waals surface area contributed by atoms with E-state index in [1.165, 1.54) is 6.07 Å². The summed E-state index contributed by atoms with van der Waals surface area (Å²) in [7, 11) is 0. The first-order valence-corrected chi connectivity index (χ1v) is 6.15. The van der Waals surface area contributed by atoms with Gasteiger partial charge >= 0.3 is 0 Å². The summed E-state index contributed by atoms with van der Waals surface area (Å²) in [6, 6.07) is 5.01. The first kappa shape index (κ1) is 10.5. The summed E-state index contributed by atoms with van der Waals surface area (Å²) in [6.07, 6.45) is 4.19. The van der Waals surface area contributed by atoms with Gasteiger partial charge in [-0.25, -0.2) is 4.39 Å². The van der Waals surface area contributed by atoms with E-state index in [1.54, 1.807) is 6.07 Å². The van der Waals surface area contributed by atoms with Crippen LogP contribution in [0.4, 0.5) is 4.39 Å². The largest absolute Gasteiger partial charge is 0.370 e. The average Bonchev–Trinajstić information content (AvgIpc) is 3.00. The molecule has 1 aromatic carbocycles. The average molecular weight is 241 g/mol. The molecule has 0 aromatic heterocycles. The number of ether oxygens (including phenoxy) is 1. The summed E-state index contributed by atoms with van der Waals surface area (Å²) in [5.41, 5.74) is 0.999. The summed E-state index contributed by atoms with van der Waals surface area (Å²) in [5.74, 6) is 0.178. The van der Waals surface area contributed by atoms with Crippen LogP contribution in [0.1, 0.15) is 37.2 Å². The molecular weight excluding hydrogens is 227 g/mol. The van der Waals surface area contributed by atoms with Crippen LogP contribution in [0, 0.1) is 5.82 Å². The maximum atomic E-state index is 13.7. The molecule has 3 heteroatoms. The first-order valence-electron chi connectivity index (χ1n) is 5.77. The Morgan fingerprint density at radius 1 is 1.31 bits per heavy atom. The molecule has 0 bridgehead atoms. The highest BCUT2D eigenvalue weighted by molar-refractivity contribution is 6.30. The molecule has 0 atom stereocenters. The van der Waals surface area contributed by atoms with E-state index in [-0.39, 0.29) is 11.4 Å². The third-order valence-electron chi connectivity index (χ3n) is 3.85. The second kappa shape index (κ2) is 3.71. The summed E-state index contributed by atoms with van der Waals surface area (Å²) >= 11 is 5.75. The van der Waals surface area contributed by atoms with E-state index in [0.29, 0.717) is 10.9 Å². The molecule has 0 N–H and O–H groups in total. The monoisotopic (exact) mass is 240 g/mol.